The molecule has 7 nitrogen and oxygen atoms in total. The molecule has 0 amide bonds. The maximum absolute atomic E-state index is 11.4. The smallest absolute Gasteiger partial charge is 0.332 e. The van der Waals surface area contributed by atoms with Crippen molar-refractivity contribution in [2.75, 3.05) is 24.3 Å². The average Bonchev–Trinajstić information content (AvgIpc) is 2.45. The number of aryl methyl sites for hydroxylation is 1. The summed E-state index contributed by atoms with van der Waals surface area (Å²) in [5, 5.41) is 14.2. The molecule has 0 saturated heterocycles. The Balaban J connectivity index is 2.40. The number of aromatic nitrogens is 2. The number of hydrogen-bond donors (Lipinski definition) is 1. The Labute approximate surface area is 124 Å². The van der Waals surface area contributed by atoms with Gasteiger partial charge < -0.3 is 10.2 Å². The lowest BCUT2D eigenvalue weighted by atomic mass is 9.86. The monoisotopic (exact) mass is 293 g/mol. The summed E-state index contributed by atoms with van der Waals surface area (Å²) >= 11 is 0. The summed E-state index contributed by atoms with van der Waals surface area (Å²) < 4.78 is 0. The first kappa shape index (κ1) is 15.5. The third-order valence-electron chi connectivity index (χ3n) is 4.24. The highest BCUT2D eigenvalue weighted by molar-refractivity contribution is 5.62. The molecule has 21 heavy (non-hydrogen) atoms. The van der Waals surface area contributed by atoms with Gasteiger partial charge in [-0.3, -0.25) is 10.1 Å². The summed E-state index contributed by atoms with van der Waals surface area (Å²) in [6.07, 6.45) is 4.49. The van der Waals surface area contributed by atoms with Crippen LogP contribution >= 0.6 is 0 Å². The molecule has 1 aliphatic rings. The number of rotatable bonds is 4. The zero-order valence-electron chi connectivity index (χ0n) is 13.1. The molecular weight excluding hydrogens is 270 g/mol. The third kappa shape index (κ3) is 3.22. The van der Waals surface area contributed by atoms with E-state index in [4.69, 9.17) is 0 Å². The molecule has 0 spiro atoms. The molecule has 0 radical (unpaired) electrons. The Kier molecular flexibility index (Phi) is 4.59. The summed E-state index contributed by atoms with van der Waals surface area (Å²) in [7, 11) is 3.62. The van der Waals surface area contributed by atoms with Gasteiger partial charge in [-0.1, -0.05) is 19.8 Å². The van der Waals surface area contributed by atoms with Gasteiger partial charge in [0, 0.05) is 20.1 Å². The molecule has 2 rings (SSSR count). The zero-order valence-corrected chi connectivity index (χ0v) is 13.1. The molecule has 116 valence electrons. The van der Waals surface area contributed by atoms with Crippen LogP contribution in [0.4, 0.5) is 17.5 Å². The van der Waals surface area contributed by atoms with Crippen LogP contribution in [-0.4, -0.2) is 35.0 Å². The van der Waals surface area contributed by atoms with Crippen molar-refractivity contribution >= 4 is 17.5 Å². The fourth-order valence-electron chi connectivity index (χ4n) is 3.05. The fraction of sp³-hybridized carbons (Fsp3) is 0.714. The van der Waals surface area contributed by atoms with Crippen molar-refractivity contribution < 1.29 is 4.92 Å². The van der Waals surface area contributed by atoms with Crippen LogP contribution in [0.1, 0.15) is 38.3 Å². The quantitative estimate of drug-likeness (QED) is 0.678. The van der Waals surface area contributed by atoms with Gasteiger partial charge in [-0.25, -0.2) is 4.98 Å². The first-order chi connectivity index (χ1) is 9.93. The summed E-state index contributed by atoms with van der Waals surface area (Å²) in [4.78, 5) is 21.4. The number of nitro groups is 1. The van der Waals surface area contributed by atoms with Gasteiger partial charge >= 0.3 is 5.69 Å². The van der Waals surface area contributed by atoms with E-state index < -0.39 is 0 Å². The molecule has 1 aliphatic carbocycles. The molecule has 1 fully saturated rings. The van der Waals surface area contributed by atoms with Crippen LogP contribution in [-0.2, 0) is 0 Å². The maximum Gasteiger partial charge on any atom is 0.332 e. The largest absolute Gasteiger partial charge is 0.357 e. The molecule has 2 unspecified atom stereocenters. The molecule has 1 heterocycles. The molecule has 1 aromatic rings. The molecule has 2 atom stereocenters. The van der Waals surface area contributed by atoms with Crippen LogP contribution < -0.4 is 10.2 Å². The van der Waals surface area contributed by atoms with E-state index in [1.807, 2.05) is 11.9 Å². The molecule has 0 bridgehead atoms. The summed E-state index contributed by atoms with van der Waals surface area (Å²) in [5.41, 5.74) is 0.403. The van der Waals surface area contributed by atoms with Crippen molar-refractivity contribution in [3.63, 3.8) is 0 Å². The van der Waals surface area contributed by atoms with Crippen molar-refractivity contribution in [1.82, 2.24) is 9.97 Å². The second-order valence-electron chi connectivity index (χ2n) is 5.85. The van der Waals surface area contributed by atoms with E-state index >= 15 is 0 Å². The highest BCUT2D eigenvalue weighted by Gasteiger charge is 2.30. The van der Waals surface area contributed by atoms with Crippen LogP contribution in [0.5, 0.6) is 0 Å². The van der Waals surface area contributed by atoms with Crippen molar-refractivity contribution in [2.45, 2.75) is 45.6 Å². The Hall–Kier alpha value is -1.92. The van der Waals surface area contributed by atoms with E-state index in [0.717, 1.165) is 19.3 Å². The number of hydrogen-bond acceptors (Lipinski definition) is 6. The van der Waals surface area contributed by atoms with Gasteiger partial charge in [0.15, 0.2) is 0 Å². The van der Waals surface area contributed by atoms with Crippen LogP contribution in [0.15, 0.2) is 0 Å². The van der Waals surface area contributed by atoms with Gasteiger partial charge in [-0.2, -0.15) is 4.98 Å². The Morgan fingerprint density at radius 3 is 2.67 bits per heavy atom. The van der Waals surface area contributed by atoms with Gasteiger partial charge in [0.25, 0.3) is 0 Å². The van der Waals surface area contributed by atoms with Gasteiger partial charge in [-0.15, -0.1) is 0 Å². The minimum absolute atomic E-state index is 0.00901. The maximum atomic E-state index is 11.4. The van der Waals surface area contributed by atoms with E-state index in [1.54, 1.807) is 14.0 Å². The lowest BCUT2D eigenvalue weighted by Crippen LogP contribution is -2.36. The number of nitrogens with one attached hydrogen (secondary N) is 1. The van der Waals surface area contributed by atoms with E-state index in [9.17, 15) is 10.1 Å². The molecule has 7 heteroatoms. The standard InChI is InChI=1S/C14H23N5O2/c1-9-6-5-7-11(8-9)18(4)13-12(19(20)21)10(2)16-14(15-3)17-13/h9,11H,5-8H2,1-4H3,(H,15,16,17). The summed E-state index contributed by atoms with van der Waals surface area (Å²) in [6, 6.07) is 0.298. The molecule has 1 saturated carbocycles. The normalized spacial score (nSPS) is 21.9. The van der Waals surface area contributed by atoms with Gasteiger partial charge in [0.05, 0.1) is 4.92 Å². The second-order valence-corrected chi connectivity index (χ2v) is 5.85. The minimum Gasteiger partial charge on any atom is -0.357 e. The molecule has 1 aromatic heterocycles. The van der Waals surface area contributed by atoms with Crippen LogP contribution in [0.25, 0.3) is 0 Å². The van der Waals surface area contributed by atoms with E-state index in [1.165, 1.54) is 6.42 Å². The number of anilines is 2. The Morgan fingerprint density at radius 2 is 2.10 bits per heavy atom. The lowest BCUT2D eigenvalue weighted by molar-refractivity contribution is -0.385. The molecular formula is C14H23N5O2. The summed E-state index contributed by atoms with van der Waals surface area (Å²) in [6.45, 7) is 3.89. The number of nitrogens with zero attached hydrogens (tertiary/aromatic N) is 4. The topological polar surface area (TPSA) is 84.2 Å². The first-order valence-electron chi connectivity index (χ1n) is 7.37. The fourth-order valence-corrected chi connectivity index (χ4v) is 3.05. The highest BCUT2D eigenvalue weighted by atomic mass is 16.6. The first-order valence-corrected chi connectivity index (χ1v) is 7.37. The van der Waals surface area contributed by atoms with Crippen LogP contribution in [0.3, 0.4) is 0 Å². The lowest BCUT2D eigenvalue weighted by Gasteiger charge is -2.34. The SMILES string of the molecule is CNc1nc(C)c([N+](=O)[O-])c(N(C)C2CCCC(C)C2)n1. The van der Waals surface area contributed by atoms with Gasteiger partial charge in [0.2, 0.25) is 11.8 Å². The van der Waals surface area contributed by atoms with E-state index in [-0.39, 0.29) is 10.6 Å². The zero-order chi connectivity index (χ0) is 15.6. The highest BCUT2D eigenvalue weighted by Crippen LogP contribution is 2.34. The van der Waals surface area contributed by atoms with E-state index in [2.05, 4.69) is 22.2 Å². The van der Waals surface area contributed by atoms with Crippen molar-refractivity contribution in [2.24, 2.45) is 5.92 Å². The third-order valence-corrected chi connectivity index (χ3v) is 4.24. The predicted molar refractivity (Wildman–Crippen MR) is 82.8 cm³/mol. The summed E-state index contributed by atoms with van der Waals surface area (Å²) in [5.74, 6) is 1.48. The van der Waals surface area contributed by atoms with Crippen LogP contribution in [0, 0.1) is 23.0 Å². The second kappa shape index (κ2) is 6.24. The van der Waals surface area contributed by atoms with Crippen molar-refractivity contribution in [3.8, 4) is 0 Å². The van der Waals surface area contributed by atoms with Crippen molar-refractivity contribution in [3.05, 3.63) is 15.8 Å². The molecule has 1 N–H and O–H groups in total. The van der Waals surface area contributed by atoms with Crippen molar-refractivity contribution in [1.29, 1.82) is 0 Å². The van der Waals surface area contributed by atoms with Gasteiger partial charge in [-0.05, 0) is 25.7 Å². The molecule has 0 aliphatic heterocycles. The average molecular weight is 293 g/mol. The minimum atomic E-state index is -0.382. The van der Waals surface area contributed by atoms with Gasteiger partial charge in [0.1, 0.15) is 5.69 Å². The molecule has 0 aromatic carbocycles. The Morgan fingerprint density at radius 1 is 1.38 bits per heavy atom. The van der Waals surface area contributed by atoms with Crippen LogP contribution in [0.2, 0.25) is 0 Å². The Bertz CT molecular complexity index is 534. The predicted octanol–water partition coefficient (Wildman–Crippen LogP) is 2.75. The van der Waals surface area contributed by atoms with E-state index in [0.29, 0.717) is 29.4 Å².